The van der Waals surface area contributed by atoms with E-state index in [4.69, 9.17) is 15.2 Å². The van der Waals surface area contributed by atoms with Crippen LogP contribution in [0.1, 0.15) is 49.4 Å². The maximum atomic E-state index is 13.7. The third-order valence-electron chi connectivity index (χ3n) is 6.76. The molecule has 9 heteroatoms. The van der Waals surface area contributed by atoms with Crippen molar-refractivity contribution in [3.63, 3.8) is 0 Å². The van der Waals surface area contributed by atoms with Gasteiger partial charge in [-0.05, 0) is 61.9 Å². The molecule has 3 N–H and O–H groups in total. The van der Waals surface area contributed by atoms with Crippen LogP contribution >= 0.6 is 0 Å². The first kappa shape index (κ1) is 25.5. The van der Waals surface area contributed by atoms with E-state index in [0.29, 0.717) is 38.4 Å². The predicted octanol–water partition coefficient (Wildman–Crippen LogP) is 5.03. The number of ether oxygens (including phenoxy) is 2. The van der Waals surface area contributed by atoms with Gasteiger partial charge in [0.15, 0.2) is 5.75 Å². The molecule has 1 aliphatic carbocycles. The number of hydrogen-bond acceptors (Lipinski definition) is 7. The molecule has 3 heterocycles. The maximum Gasteiger partial charge on any atom is 0.255 e. The monoisotopic (exact) mass is 514 g/mol. The van der Waals surface area contributed by atoms with Crippen molar-refractivity contribution in [1.29, 1.82) is 0 Å². The first-order valence-corrected chi connectivity index (χ1v) is 12.7. The van der Waals surface area contributed by atoms with E-state index < -0.39 is 5.95 Å². The highest BCUT2D eigenvalue weighted by atomic mass is 19.1. The number of anilines is 2. The van der Waals surface area contributed by atoms with Gasteiger partial charge in [0.05, 0.1) is 24.3 Å². The van der Waals surface area contributed by atoms with Crippen LogP contribution in [0.5, 0.6) is 5.75 Å². The van der Waals surface area contributed by atoms with E-state index in [9.17, 15) is 4.39 Å². The Balaban J connectivity index is 1.39. The smallest absolute Gasteiger partial charge is 0.255 e. The minimum absolute atomic E-state index is 0.0515. The van der Waals surface area contributed by atoms with Gasteiger partial charge in [0.2, 0.25) is 0 Å². The number of benzene rings is 1. The van der Waals surface area contributed by atoms with Gasteiger partial charge in [-0.3, -0.25) is 0 Å². The summed E-state index contributed by atoms with van der Waals surface area (Å²) >= 11 is 0. The number of rotatable bonds is 10. The number of nitrogens with two attached hydrogens (primary N) is 1. The van der Waals surface area contributed by atoms with Crippen molar-refractivity contribution < 1.29 is 13.9 Å². The van der Waals surface area contributed by atoms with E-state index in [0.717, 1.165) is 46.4 Å². The number of hydrogen-bond donors (Lipinski definition) is 2. The molecule has 1 fully saturated rings. The first-order chi connectivity index (χ1) is 18.5. The maximum absolute atomic E-state index is 13.7. The summed E-state index contributed by atoms with van der Waals surface area (Å²) in [5, 5.41) is 4.35. The van der Waals surface area contributed by atoms with Crippen LogP contribution in [0.25, 0.3) is 11.0 Å². The molecule has 0 saturated heterocycles. The highest BCUT2D eigenvalue weighted by molar-refractivity contribution is 5.92. The SMILES string of the molecule is COCc1ccc(NCc2c(C#CCCCOc3cccnc3F)n(C3(C)CC3)c3ncnc(N)c23)cc1. The zero-order valence-corrected chi connectivity index (χ0v) is 21.6. The van der Waals surface area contributed by atoms with E-state index in [1.807, 2.05) is 24.3 Å². The number of methoxy groups -OCH3 is 1. The molecule has 1 aliphatic rings. The molecule has 0 aliphatic heterocycles. The average molecular weight is 515 g/mol. The van der Waals surface area contributed by atoms with Gasteiger partial charge in [-0.1, -0.05) is 18.1 Å². The van der Waals surface area contributed by atoms with Gasteiger partial charge in [0, 0.05) is 43.1 Å². The zero-order chi connectivity index (χ0) is 26.5. The summed E-state index contributed by atoms with van der Waals surface area (Å²) in [6.45, 7) is 3.66. The van der Waals surface area contributed by atoms with Gasteiger partial charge in [-0.15, -0.1) is 0 Å². The summed E-state index contributed by atoms with van der Waals surface area (Å²) in [5.41, 5.74) is 11.1. The molecule has 1 saturated carbocycles. The van der Waals surface area contributed by atoms with Crippen molar-refractivity contribution >= 4 is 22.5 Å². The molecule has 0 radical (unpaired) electrons. The fourth-order valence-electron chi connectivity index (χ4n) is 4.49. The lowest BCUT2D eigenvalue weighted by atomic mass is 10.1. The third-order valence-corrected chi connectivity index (χ3v) is 6.76. The van der Waals surface area contributed by atoms with Crippen LogP contribution in [0.3, 0.4) is 0 Å². The summed E-state index contributed by atoms with van der Waals surface area (Å²) < 4.78 is 26.6. The molecule has 1 aromatic carbocycles. The van der Waals surface area contributed by atoms with Gasteiger partial charge < -0.3 is 25.1 Å². The van der Waals surface area contributed by atoms with E-state index in [-0.39, 0.29) is 11.3 Å². The number of halogens is 1. The van der Waals surface area contributed by atoms with Crippen molar-refractivity contribution in [2.24, 2.45) is 0 Å². The van der Waals surface area contributed by atoms with Crippen molar-refractivity contribution in [2.75, 3.05) is 24.8 Å². The van der Waals surface area contributed by atoms with Crippen molar-refractivity contribution in [2.45, 2.75) is 51.3 Å². The van der Waals surface area contributed by atoms with E-state index in [1.54, 1.807) is 19.2 Å². The zero-order valence-electron chi connectivity index (χ0n) is 21.6. The summed E-state index contributed by atoms with van der Waals surface area (Å²) in [6.07, 6.45) is 6.25. The molecule has 4 aromatic rings. The fraction of sp³-hybridized carbons (Fsp3) is 0.345. The molecule has 0 bridgehead atoms. The van der Waals surface area contributed by atoms with Crippen LogP contribution < -0.4 is 15.8 Å². The van der Waals surface area contributed by atoms with Crippen LogP contribution in [-0.2, 0) is 23.4 Å². The summed E-state index contributed by atoms with van der Waals surface area (Å²) in [6, 6.07) is 11.4. The molecular weight excluding hydrogens is 483 g/mol. The molecule has 3 aromatic heterocycles. The van der Waals surface area contributed by atoms with Crippen LogP contribution in [0.15, 0.2) is 48.9 Å². The van der Waals surface area contributed by atoms with Crippen molar-refractivity contribution in [1.82, 2.24) is 19.5 Å². The second-order valence-corrected chi connectivity index (χ2v) is 9.65. The lowest BCUT2D eigenvalue weighted by Gasteiger charge is -2.15. The van der Waals surface area contributed by atoms with Crippen LogP contribution in [0.4, 0.5) is 15.9 Å². The molecule has 0 amide bonds. The largest absolute Gasteiger partial charge is 0.489 e. The predicted molar refractivity (Wildman–Crippen MR) is 145 cm³/mol. The highest BCUT2D eigenvalue weighted by Crippen LogP contribution is 2.47. The minimum Gasteiger partial charge on any atom is -0.489 e. The van der Waals surface area contributed by atoms with Gasteiger partial charge in [0.25, 0.3) is 5.95 Å². The van der Waals surface area contributed by atoms with Gasteiger partial charge in [-0.25, -0.2) is 15.0 Å². The van der Waals surface area contributed by atoms with Crippen LogP contribution in [-0.4, -0.2) is 33.2 Å². The second-order valence-electron chi connectivity index (χ2n) is 9.65. The molecule has 196 valence electrons. The van der Waals surface area contributed by atoms with Crippen molar-refractivity contribution in [3.05, 3.63) is 71.7 Å². The first-order valence-electron chi connectivity index (χ1n) is 12.7. The Morgan fingerprint density at radius 2 is 1.97 bits per heavy atom. The number of nitrogen functional groups attached to an aromatic ring is 1. The van der Waals surface area contributed by atoms with Gasteiger partial charge in [0.1, 0.15) is 17.8 Å². The Morgan fingerprint density at radius 3 is 2.71 bits per heavy atom. The third kappa shape index (κ3) is 5.41. The van der Waals surface area contributed by atoms with E-state index >= 15 is 0 Å². The summed E-state index contributed by atoms with van der Waals surface area (Å²) in [7, 11) is 1.69. The highest BCUT2D eigenvalue weighted by Gasteiger charge is 2.43. The Labute approximate surface area is 221 Å². The van der Waals surface area contributed by atoms with E-state index in [2.05, 4.69) is 43.6 Å². The topological polar surface area (TPSA) is 100 Å². The summed E-state index contributed by atoms with van der Waals surface area (Å²) in [5.74, 6) is 6.69. The second kappa shape index (κ2) is 11.1. The lowest BCUT2D eigenvalue weighted by Crippen LogP contribution is -2.15. The number of fused-ring (bicyclic) bond motifs is 1. The number of pyridine rings is 1. The Bertz CT molecular complexity index is 1480. The quantitative estimate of drug-likeness (QED) is 0.174. The Hall–Kier alpha value is -4.16. The molecule has 5 rings (SSSR count). The molecule has 0 unspecified atom stereocenters. The molecule has 8 nitrogen and oxygen atoms in total. The number of nitrogens with one attached hydrogen (secondary N) is 1. The van der Waals surface area contributed by atoms with Gasteiger partial charge in [-0.2, -0.15) is 4.39 Å². The van der Waals surface area contributed by atoms with Gasteiger partial charge >= 0.3 is 0 Å². The normalized spacial score (nSPS) is 13.7. The number of aromatic nitrogens is 4. The average Bonchev–Trinajstić information content (AvgIpc) is 3.57. The summed E-state index contributed by atoms with van der Waals surface area (Å²) in [4.78, 5) is 12.5. The molecule has 0 atom stereocenters. The molecular formula is C29H31FN6O2. The van der Waals surface area contributed by atoms with E-state index in [1.165, 1.54) is 12.5 Å². The van der Waals surface area contributed by atoms with Crippen LogP contribution in [0.2, 0.25) is 0 Å². The van der Waals surface area contributed by atoms with Crippen LogP contribution in [0, 0.1) is 17.8 Å². The van der Waals surface area contributed by atoms with Crippen molar-refractivity contribution in [3.8, 4) is 17.6 Å². The lowest BCUT2D eigenvalue weighted by molar-refractivity contribution is 0.185. The molecule has 0 spiro atoms. The Morgan fingerprint density at radius 1 is 1.16 bits per heavy atom. The Kier molecular flexibility index (Phi) is 7.43. The number of unbranched alkanes of at least 4 members (excludes halogenated alkanes) is 1. The fourth-order valence-corrected chi connectivity index (χ4v) is 4.49. The number of nitrogens with zero attached hydrogens (tertiary/aromatic N) is 4. The minimum atomic E-state index is -0.607. The molecule has 38 heavy (non-hydrogen) atoms. The standard InChI is InChI=1S/C29H31FN6O2/c1-29(13-14-29)36-23(7-4-3-5-16-38-24-8-6-15-32-26(24)30)22(25-27(31)34-19-35-28(25)36)17-33-21-11-9-20(10-12-21)18-37-2/h6,8-12,15,19,33H,3,5,13-14,16-18H2,1-2H3,(H2,31,34,35).